The van der Waals surface area contributed by atoms with Crippen molar-refractivity contribution in [1.29, 1.82) is 0 Å². The summed E-state index contributed by atoms with van der Waals surface area (Å²) in [5.74, 6) is 0.0709. The van der Waals surface area contributed by atoms with E-state index in [2.05, 4.69) is 34.9 Å². The van der Waals surface area contributed by atoms with E-state index in [4.69, 9.17) is 28.4 Å². The molecule has 11 rings (SSSR count). The number of hydrogen-bond acceptors (Lipinski definition) is 19. The maximum Gasteiger partial charge on any atom is 0.478 e. The first-order chi connectivity index (χ1) is 46.7. The lowest BCUT2D eigenvalue weighted by Gasteiger charge is -2.60. The van der Waals surface area contributed by atoms with E-state index in [1.807, 2.05) is 62.3 Å². The number of rotatable bonds is 24. The van der Waals surface area contributed by atoms with Crippen molar-refractivity contribution in [3.8, 4) is 0 Å². The van der Waals surface area contributed by atoms with E-state index in [9.17, 15) is 69.0 Å². The molecule has 1 aliphatic heterocycles. The Balaban J connectivity index is 0.000000235. The number of carbonyl (C=O) groups is 7. The Hall–Kier alpha value is -5.46. The summed E-state index contributed by atoms with van der Waals surface area (Å²) >= 11 is 0. The summed E-state index contributed by atoms with van der Waals surface area (Å²) in [6.45, 7) is 31.5. The van der Waals surface area contributed by atoms with E-state index >= 15 is 0 Å². The molecular weight excluding hydrogens is 1340 g/mol. The summed E-state index contributed by atoms with van der Waals surface area (Å²) in [7, 11) is -6.31. The maximum absolute atomic E-state index is 13.9. The van der Waals surface area contributed by atoms with Crippen LogP contribution in [0.5, 0.6) is 0 Å². The van der Waals surface area contributed by atoms with Gasteiger partial charge in [-0.05, 0) is 240 Å². The summed E-state index contributed by atoms with van der Waals surface area (Å²) < 4.78 is 130. The van der Waals surface area contributed by atoms with Gasteiger partial charge in [-0.2, -0.15) is 30.4 Å². The summed E-state index contributed by atoms with van der Waals surface area (Å²) in [4.78, 5) is 82.9. The second-order valence-corrected chi connectivity index (χ2v) is 34.5. The molecule has 25 heteroatoms. The van der Waals surface area contributed by atoms with Crippen molar-refractivity contribution in [3.05, 3.63) is 35.9 Å². The van der Waals surface area contributed by atoms with Crippen LogP contribution in [0.3, 0.4) is 0 Å². The zero-order valence-corrected chi connectivity index (χ0v) is 64.0. The van der Waals surface area contributed by atoms with Crippen molar-refractivity contribution in [2.24, 2.45) is 67.7 Å². The minimum absolute atomic E-state index is 0.0150. The molecule has 0 aromatic heterocycles. The van der Waals surface area contributed by atoms with Gasteiger partial charge in [-0.15, -0.1) is 0 Å². The van der Waals surface area contributed by atoms with Crippen LogP contribution in [0, 0.1) is 62.6 Å². The van der Waals surface area contributed by atoms with Gasteiger partial charge in [0, 0.05) is 18.4 Å². The van der Waals surface area contributed by atoms with Crippen LogP contribution in [0.2, 0.25) is 0 Å². The summed E-state index contributed by atoms with van der Waals surface area (Å²) in [6, 6.07) is 5.43. The molecule has 1 heterocycles. The number of aliphatic hydroxyl groups is 1. The van der Waals surface area contributed by atoms with E-state index in [0.29, 0.717) is 56.0 Å². The number of benzene rings is 1. The highest BCUT2D eigenvalue weighted by molar-refractivity contribution is 7.88. The van der Waals surface area contributed by atoms with Crippen LogP contribution < -0.4 is 0 Å². The lowest BCUT2D eigenvalue weighted by atomic mass is 9.49. The van der Waals surface area contributed by atoms with E-state index < -0.39 is 91.9 Å². The van der Waals surface area contributed by atoms with Crippen LogP contribution in [0.4, 0.5) is 22.0 Å². The van der Waals surface area contributed by atoms with Gasteiger partial charge in [-0.3, -0.25) is 28.3 Å². The summed E-state index contributed by atoms with van der Waals surface area (Å²) in [5.41, 5.74) is -6.28. The first-order valence-electron chi connectivity index (χ1n) is 36.8. The third kappa shape index (κ3) is 21.8. The molecule has 3 atom stereocenters. The van der Waals surface area contributed by atoms with Crippen LogP contribution in [-0.4, -0.2) is 121 Å². The second kappa shape index (κ2) is 34.2. The number of esters is 7. The molecule has 0 radical (unpaired) electrons. The van der Waals surface area contributed by atoms with Crippen LogP contribution in [0.15, 0.2) is 35.5 Å². The van der Waals surface area contributed by atoms with Gasteiger partial charge in [0.2, 0.25) is 6.10 Å². The molecule has 1 N–H and O–H groups in total. The highest BCUT2D eigenvalue weighted by atomic mass is 32.2. The third-order valence-electron chi connectivity index (χ3n) is 23.3. The number of halogens is 5. The molecule has 0 amide bonds. The van der Waals surface area contributed by atoms with Crippen molar-refractivity contribution in [2.45, 2.75) is 312 Å². The predicted octanol–water partition coefficient (Wildman–Crippen LogP) is 16.4. The molecule has 8 bridgehead atoms. The zero-order valence-electron chi connectivity index (χ0n) is 63.2. The number of ether oxygens (including phenoxy) is 7. The number of carbonyl (C=O) groups excluding carboxylic acids is 7. The standard InChI is InChI=1S/C18H20F5NO7S.C18H30O2.C16H26O3.C14H26O2.C10H16O4/c1-4-16(2,3)14(25)29-10-11-30-15(26)18(22,23)32(27,28)31-24-13(17(19,20)21)12-8-6-5-7-9-12;1-5-17(3,4)16(19)20-18(6-2)14-8-12-7-13(10-14)11-15(18)9-12;1-4-14(2,3)13(17)19-16-8-11-5-12(9-16)7-15(18,6-11)10-16;1-5-13(3,4)12(15)16-14(6-2)10-8-7-9-11-14;1-4-10(2,3)9(12)14-7-5-6-13-8(7)11/h5-9H,4,10-11H2,1-3H3;12-15H,5-11H2,1-4H3;11-12,18H,4-10H2,1-3H3;5-11H2,1-4H3;7H,4-6H2,1-3H3/b24-13+;;;;. The Bertz CT molecular complexity index is 3090. The number of alkyl halides is 5. The Morgan fingerprint density at radius 1 is 0.554 bits per heavy atom. The minimum Gasteiger partial charge on any atom is -0.463 e. The van der Waals surface area contributed by atoms with E-state index in [1.165, 1.54) is 63.9 Å². The fraction of sp³-hybridized carbons (Fsp3) is 0.816. The third-order valence-corrected chi connectivity index (χ3v) is 24.4. The molecular formula is C76H118F5NO18S. The van der Waals surface area contributed by atoms with Gasteiger partial charge in [0.05, 0.1) is 39.3 Å². The molecule has 576 valence electrons. The summed E-state index contributed by atoms with van der Waals surface area (Å²) in [6.07, 6.45) is 18.2. The molecule has 0 spiro atoms. The van der Waals surface area contributed by atoms with Gasteiger partial charge in [0.25, 0.3) is 0 Å². The van der Waals surface area contributed by atoms with Crippen molar-refractivity contribution < 1.29 is 106 Å². The molecule has 9 aliphatic carbocycles. The Kier molecular flexibility index (Phi) is 29.2. The molecule has 1 saturated heterocycles. The molecule has 10 aliphatic rings. The predicted molar refractivity (Wildman–Crippen MR) is 369 cm³/mol. The van der Waals surface area contributed by atoms with Crippen LogP contribution in [0.1, 0.15) is 277 Å². The highest BCUT2D eigenvalue weighted by Gasteiger charge is 2.62. The van der Waals surface area contributed by atoms with Crippen molar-refractivity contribution >= 4 is 57.6 Å². The van der Waals surface area contributed by atoms with Gasteiger partial charge < -0.3 is 38.3 Å². The minimum atomic E-state index is -6.31. The lowest BCUT2D eigenvalue weighted by Crippen LogP contribution is -2.61. The number of cyclic esters (lactones) is 1. The lowest BCUT2D eigenvalue weighted by molar-refractivity contribution is -0.225. The van der Waals surface area contributed by atoms with Crippen molar-refractivity contribution in [3.63, 3.8) is 0 Å². The van der Waals surface area contributed by atoms with E-state index in [-0.39, 0.29) is 51.5 Å². The largest absolute Gasteiger partial charge is 0.478 e. The van der Waals surface area contributed by atoms with Gasteiger partial charge in [-0.25, -0.2) is 9.59 Å². The van der Waals surface area contributed by atoms with Gasteiger partial charge in [-0.1, -0.05) is 90.4 Å². The molecule has 1 aromatic rings. The van der Waals surface area contributed by atoms with Crippen molar-refractivity contribution in [2.75, 3.05) is 19.8 Å². The molecule has 9 saturated carbocycles. The highest BCUT2D eigenvalue weighted by Crippen LogP contribution is 2.62. The molecule has 19 nitrogen and oxygen atoms in total. The Labute approximate surface area is 596 Å². The summed E-state index contributed by atoms with van der Waals surface area (Å²) in [5, 5.41) is 7.55. The zero-order chi connectivity index (χ0) is 76.2. The quantitative estimate of drug-likeness (QED) is 0.0252. The topological polar surface area (TPSA) is 260 Å². The van der Waals surface area contributed by atoms with E-state index in [1.54, 1.807) is 34.6 Å². The average molecular weight is 1460 g/mol. The van der Waals surface area contributed by atoms with Gasteiger partial charge >= 0.3 is 63.3 Å². The smallest absolute Gasteiger partial charge is 0.463 e. The fourth-order valence-corrected chi connectivity index (χ4v) is 15.5. The first kappa shape index (κ1) is 86.2. The molecule has 1 aromatic carbocycles. The number of oxime groups is 1. The average Bonchev–Trinajstić information content (AvgIpc) is 0.981. The van der Waals surface area contributed by atoms with E-state index in [0.717, 1.165) is 107 Å². The van der Waals surface area contributed by atoms with Crippen LogP contribution in [-0.2, 0) is 81.1 Å². The second-order valence-electron chi connectivity index (χ2n) is 32.9. The van der Waals surface area contributed by atoms with Gasteiger partial charge in [0.15, 0.2) is 5.71 Å². The Morgan fingerprint density at radius 3 is 1.42 bits per heavy atom. The van der Waals surface area contributed by atoms with Crippen molar-refractivity contribution in [1.82, 2.24) is 0 Å². The SMILES string of the molecule is CCC(C)(C)C(=O)OC1(CC)C2CC3CC(C2)CC1C3.CCC(C)(C)C(=O)OC12CC3CC(CC(O)(C3)C1)C2.CCC(C)(C)C(=O)OC1CCOC1=O.CCC(C)(C)C(=O)OCCOC(=O)C(F)(F)S(=O)(=O)O/N=C(\c1ccccc1)C(F)(F)F.CCC1(OC(=O)C(C)(C)CC)CCCCC1. The number of nitrogens with zero attached hydrogens (tertiary/aromatic N) is 1. The molecule has 3 unspecified atom stereocenters. The molecule has 101 heavy (non-hydrogen) atoms. The number of hydrogen-bond donors (Lipinski definition) is 1. The van der Waals surface area contributed by atoms with Crippen LogP contribution >= 0.6 is 0 Å². The van der Waals surface area contributed by atoms with Gasteiger partial charge in [0.1, 0.15) is 30.0 Å². The van der Waals surface area contributed by atoms with Crippen LogP contribution in [0.25, 0.3) is 0 Å². The first-order valence-corrected chi connectivity index (χ1v) is 38.2. The normalized spacial score (nSPS) is 27.4. The fourth-order valence-electron chi connectivity index (χ4n) is 15.0. The monoisotopic (exact) mass is 1460 g/mol. The Morgan fingerprint density at radius 2 is 0.990 bits per heavy atom. The maximum atomic E-state index is 13.9. The molecule has 10 fully saturated rings.